The molecule has 1 aliphatic heterocycles. The number of nitrogens with one attached hydrogen (secondary N) is 4. The summed E-state index contributed by atoms with van der Waals surface area (Å²) in [5.41, 5.74) is 11.0. The van der Waals surface area contributed by atoms with Crippen LogP contribution in [-0.4, -0.2) is 38.5 Å². The molecular formula is C28H24ClN7O2. The molecule has 2 amide bonds. The largest absolute Gasteiger partial charge is 0.382 e. The SMILES string of the molecule is Nc1n[nH]c2cc(-c3nc([C@H](Cc4ccccc4)NC(=O)c4ccc5c(c4)CCNC5=O)[nH]c3Cl)ccc12. The van der Waals surface area contributed by atoms with Gasteiger partial charge in [0.2, 0.25) is 0 Å². The van der Waals surface area contributed by atoms with Crippen molar-refractivity contribution >= 4 is 40.1 Å². The van der Waals surface area contributed by atoms with E-state index in [0.29, 0.717) is 53.0 Å². The van der Waals surface area contributed by atoms with Gasteiger partial charge < -0.3 is 21.4 Å². The van der Waals surface area contributed by atoms with Gasteiger partial charge in [0.1, 0.15) is 16.7 Å². The van der Waals surface area contributed by atoms with Crippen LogP contribution in [0.3, 0.4) is 0 Å². The first kappa shape index (κ1) is 23.7. The van der Waals surface area contributed by atoms with Gasteiger partial charge in [0.25, 0.3) is 11.8 Å². The molecule has 0 radical (unpaired) electrons. The molecule has 6 N–H and O–H groups in total. The number of H-pyrrole nitrogens is 2. The molecule has 2 aromatic heterocycles. The maximum Gasteiger partial charge on any atom is 0.251 e. The van der Waals surface area contributed by atoms with Crippen molar-refractivity contribution < 1.29 is 9.59 Å². The van der Waals surface area contributed by atoms with E-state index >= 15 is 0 Å². The Labute approximate surface area is 222 Å². The fourth-order valence-electron chi connectivity index (χ4n) is 4.79. The normalized spacial score (nSPS) is 13.7. The first-order valence-corrected chi connectivity index (χ1v) is 12.6. The topological polar surface area (TPSA) is 142 Å². The zero-order valence-corrected chi connectivity index (χ0v) is 21.0. The Balaban J connectivity index is 1.32. The summed E-state index contributed by atoms with van der Waals surface area (Å²) < 4.78 is 0. The molecule has 190 valence electrons. The summed E-state index contributed by atoms with van der Waals surface area (Å²) in [6.45, 7) is 0.554. The number of hydrogen-bond acceptors (Lipinski definition) is 5. The second-order valence-electron chi connectivity index (χ2n) is 9.25. The van der Waals surface area contributed by atoms with Crippen LogP contribution < -0.4 is 16.4 Å². The van der Waals surface area contributed by atoms with Gasteiger partial charge in [0.15, 0.2) is 5.82 Å². The number of nitrogens with two attached hydrogens (primary N) is 1. The molecule has 9 nitrogen and oxygen atoms in total. The number of hydrogen-bond donors (Lipinski definition) is 5. The molecule has 0 fully saturated rings. The van der Waals surface area contributed by atoms with Crippen LogP contribution in [0.2, 0.25) is 5.15 Å². The lowest BCUT2D eigenvalue weighted by molar-refractivity contribution is 0.0926. The Morgan fingerprint density at radius 2 is 1.95 bits per heavy atom. The number of carbonyl (C=O) groups excluding carboxylic acids is 2. The summed E-state index contributed by atoms with van der Waals surface area (Å²) >= 11 is 6.61. The number of anilines is 1. The molecule has 0 saturated heterocycles. The van der Waals surface area contributed by atoms with E-state index in [9.17, 15) is 9.59 Å². The highest BCUT2D eigenvalue weighted by atomic mass is 35.5. The minimum absolute atomic E-state index is 0.117. The monoisotopic (exact) mass is 525 g/mol. The van der Waals surface area contributed by atoms with Gasteiger partial charge in [-0.2, -0.15) is 5.10 Å². The molecule has 0 saturated carbocycles. The molecule has 3 heterocycles. The van der Waals surface area contributed by atoms with Crippen LogP contribution >= 0.6 is 11.6 Å². The number of nitrogens with zero attached hydrogens (tertiary/aromatic N) is 2. The number of halogens is 1. The van der Waals surface area contributed by atoms with Crippen molar-refractivity contribution in [3.05, 3.63) is 100.0 Å². The Morgan fingerprint density at radius 3 is 2.79 bits per heavy atom. The van der Waals surface area contributed by atoms with E-state index in [2.05, 4.69) is 25.8 Å². The van der Waals surface area contributed by atoms with Gasteiger partial charge in [0, 0.05) is 28.6 Å². The lowest BCUT2D eigenvalue weighted by atomic mass is 9.97. The van der Waals surface area contributed by atoms with E-state index in [1.54, 1.807) is 18.2 Å². The first-order chi connectivity index (χ1) is 18.5. The fraction of sp³-hybridized carbons (Fsp3) is 0.143. The second-order valence-corrected chi connectivity index (χ2v) is 9.63. The van der Waals surface area contributed by atoms with E-state index in [-0.39, 0.29) is 11.8 Å². The summed E-state index contributed by atoms with van der Waals surface area (Å²) in [5, 5.41) is 14.1. The van der Waals surface area contributed by atoms with Crippen LogP contribution in [0, 0.1) is 0 Å². The van der Waals surface area contributed by atoms with Crippen LogP contribution in [0.25, 0.3) is 22.2 Å². The average molecular weight is 526 g/mol. The second kappa shape index (κ2) is 9.68. The number of aromatic nitrogens is 4. The van der Waals surface area contributed by atoms with Gasteiger partial charge in [-0.1, -0.05) is 48.0 Å². The van der Waals surface area contributed by atoms with E-state index in [4.69, 9.17) is 22.3 Å². The number of aromatic amines is 2. The van der Waals surface area contributed by atoms with Gasteiger partial charge in [-0.05, 0) is 54.3 Å². The summed E-state index contributed by atoms with van der Waals surface area (Å²) in [6.07, 6.45) is 1.18. The minimum Gasteiger partial charge on any atom is -0.382 e. The van der Waals surface area contributed by atoms with Crippen molar-refractivity contribution in [3.8, 4) is 11.3 Å². The summed E-state index contributed by atoms with van der Waals surface area (Å²) in [6, 6.07) is 20.2. The highest BCUT2D eigenvalue weighted by Crippen LogP contribution is 2.31. The van der Waals surface area contributed by atoms with Crippen LogP contribution in [0.5, 0.6) is 0 Å². The molecule has 0 spiro atoms. The predicted molar refractivity (Wildman–Crippen MR) is 146 cm³/mol. The molecule has 0 bridgehead atoms. The zero-order chi connectivity index (χ0) is 26.2. The van der Waals surface area contributed by atoms with Crippen LogP contribution in [0.1, 0.15) is 43.7 Å². The van der Waals surface area contributed by atoms with Crippen molar-refractivity contribution in [2.45, 2.75) is 18.9 Å². The third kappa shape index (κ3) is 4.48. The quantitative estimate of drug-likeness (QED) is 0.226. The number of carbonyl (C=O) groups is 2. The van der Waals surface area contributed by atoms with E-state index in [1.807, 2.05) is 48.5 Å². The molecule has 10 heteroatoms. The highest BCUT2D eigenvalue weighted by molar-refractivity contribution is 6.32. The van der Waals surface area contributed by atoms with E-state index < -0.39 is 6.04 Å². The molecule has 3 aromatic carbocycles. The van der Waals surface area contributed by atoms with Gasteiger partial charge >= 0.3 is 0 Å². The Morgan fingerprint density at radius 1 is 1.11 bits per heavy atom. The third-order valence-electron chi connectivity index (χ3n) is 6.75. The van der Waals surface area contributed by atoms with Crippen molar-refractivity contribution in [2.24, 2.45) is 0 Å². The van der Waals surface area contributed by atoms with Gasteiger partial charge in [-0.3, -0.25) is 14.7 Å². The number of amides is 2. The molecule has 0 unspecified atom stereocenters. The molecule has 5 aromatic rings. The molecular weight excluding hydrogens is 502 g/mol. The molecule has 38 heavy (non-hydrogen) atoms. The highest BCUT2D eigenvalue weighted by Gasteiger charge is 2.24. The Bertz CT molecular complexity index is 1680. The van der Waals surface area contributed by atoms with Crippen molar-refractivity contribution in [3.63, 3.8) is 0 Å². The number of rotatable bonds is 6. The lowest BCUT2D eigenvalue weighted by Crippen LogP contribution is -2.33. The maximum atomic E-state index is 13.4. The fourth-order valence-corrected chi connectivity index (χ4v) is 5.04. The number of nitrogen functional groups attached to an aromatic ring is 1. The maximum absolute atomic E-state index is 13.4. The van der Waals surface area contributed by atoms with Crippen LogP contribution in [-0.2, 0) is 12.8 Å². The Hall–Kier alpha value is -4.63. The molecule has 0 aliphatic carbocycles. The lowest BCUT2D eigenvalue weighted by Gasteiger charge is -2.19. The minimum atomic E-state index is -0.484. The number of imidazole rings is 1. The molecule has 1 atom stereocenters. The number of benzene rings is 3. The standard InChI is InChI=1S/C28H24ClN7O2/c29-24-23(17-6-9-20-21(14-17)35-36-25(20)30)33-26(34-24)22(12-15-4-2-1-3-5-15)32-27(37)18-7-8-19-16(13-18)10-11-31-28(19)38/h1-9,13-14,22H,10-12H2,(H,31,38)(H,32,37)(H,33,34)(H3,30,35,36)/t22-/m0/s1. The molecule has 6 rings (SSSR count). The third-order valence-corrected chi connectivity index (χ3v) is 7.03. The van der Waals surface area contributed by atoms with Gasteiger partial charge in [-0.15, -0.1) is 0 Å². The van der Waals surface area contributed by atoms with Gasteiger partial charge in [0.05, 0.1) is 11.6 Å². The first-order valence-electron chi connectivity index (χ1n) is 12.2. The van der Waals surface area contributed by atoms with Crippen LogP contribution in [0.15, 0.2) is 66.7 Å². The van der Waals surface area contributed by atoms with Crippen molar-refractivity contribution in [1.82, 2.24) is 30.8 Å². The van der Waals surface area contributed by atoms with E-state index in [0.717, 1.165) is 27.6 Å². The van der Waals surface area contributed by atoms with E-state index in [1.165, 1.54) is 0 Å². The summed E-state index contributed by atoms with van der Waals surface area (Å²) in [5.74, 6) is 0.578. The van der Waals surface area contributed by atoms with Crippen molar-refractivity contribution in [1.29, 1.82) is 0 Å². The Kier molecular flexibility index (Phi) is 6.05. The summed E-state index contributed by atoms with van der Waals surface area (Å²) in [4.78, 5) is 33.5. The number of fused-ring (bicyclic) bond motifs is 2. The smallest absolute Gasteiger partial charge is 0.251 e. The van der Waals surface area contributed by atoms with Crippen molar-refractivity contribution in [2.75, 3.05) is 12.3 Å². The molecule has 1 aliphatic rings. The predicted octanol–water partition coefficient (Wildman–Crippen LogP) is 4.19. The zero-order valence-electron chi connectivity index (χ0n) is 20.2. The van der Waals surface area contributed by atoms with Gasteiger partial charge in [-0.25, -0.2) is 4.98 Å². The average Bonchev–Trinajstić information content (AvgIpc) is 3.50. The van der Waals surface area contributed by atoms with Crippen LogP contribution in [0.4, 0.5) is 5.82 Å². The summed E-state index contributed by atoms with van der Waals surface area (Å²) in [7, 11) is 0.